The number of anilines is 1. The summed E-state index contributed by atoms with van der Waals surface area (Å²) >= 11 is 0. The molecule has 0 saturated carbocycles. The normalized spacial score (nSPS) is 9.70. The van der Waals surface area contributed by atoms with E-state index in [4.69, 9.17) is 10.8 Å². The van der Waals surface area contributed by atoms with Crippen molar-refractivity contribution in [1.82, 2.24) is 9.97 Å². The van der Waals surface area contributed by atoms with Crippen LogP contribution in [0.5, 0.6) is 0 Å². The maximum Gasteiger partial charge on any atom is 0.132 e. The molecule has 1 aromatic heterocycles. The van der Waals surface area contributed by atoms with Crippen LogP contribution in [0.25, 0.3) is 0 Å². The molecule has 10 heavy (non-hydrogen) atoms. The molecule has 0 fully saturated rings. The third-order valence-corrected chi connectivity index (χ3v) is 1.06. The number of nitrogens with two attached hydrogens (primary N) is 1. The summed E-state index contributed by atoms with van der Waals surface area (Å²) in [5.41, 5.74) is 5.36. The highest BCUT2D eigenvalue weighted by Gasteiger charge is 1.93. The molecule has 0 aliphatic heterocycles. The Morgan fingerprint density at radius 1 is 1.60 bits per heavy atom. The summed E-state index contributed by atoms with van der Waals surface area (Å²) in [4.78, 5) is 7.75. The van der Waals surface area contributed by atoms with Gasteiger partial charge in [0.2, 0.25) is 0 Å². The van der Waals surface area contributed by atoms with E-state index in [-0.39, 0.29) is 6.61 Å². The molecule has 0 radical (unpaired) electrons. The van der Waals surface area contributed by atoms with Crippen molar-refractivity contribution in [1.29, 1.82) is 0 Å². The fourth-order valence-electron chi connectivity index (χ4n) is 0.635. The second-order valence-electron chi connectivity index (χ2n) is 1.87. The van der Waals surface area contributed by atoms with Crippen LogP contribution in [0, 0.1) is 0 Å². The molecule has 0 atom stereocenters. The molecule has 0 spiro atoms. The molecule has 4 nitrogen and oxygen atoms in total. The molecule has 54 valence electrons. The molecule has 3 N–H and O–H groups in total. The SMILES string of the molecule is Nc1ccnc(CCO)n1. The van der Waals surface area contributed by atoms with Gasteiger partial charge in [-0.05, 0) is 6.07 Å². The first-order valence-corrected chi connectivity index (χ1v) is 3.01. The van der Waals surface area contributed by atoms with E-state index < -0.39 is 0 Å². The van der Waals surface area contributed by atoms with Crippen LogP contribution in [0.2, 0.25) is 0 Å². The van der Waals surface area contributed by atoms with Crippen molar-refractivity contribution in [3.05, 3.63) is 18.1 Å². The molecule has 1 aromatic rings. The number of hydrogen-bond donors (Lipinski definition) is 2. The minimum Gasteiger partial charge on any atom is -0.396 e. The molecular formula is C6H9N3O. The molecule has 1 heterocycles. The summed E-state index contributed by atoms with van der Waals surface area (Å²) < 4.78 is 0. The molecule has 0 aliphatic rings. The van der Waals surface area contributed by atoms with Crippen molar-refractivity contribution in [2.45, 2.75) is 6.42 Å². The van der Waals surface area contributed by atoms with Crippen molar-refractivity contribution in [3.8, 4) is 0 Å². The summed E-state index contributed by atoms with van der Waals surface area (Å²) in [6.45, 7) is 0.0590. The molecular weight excluding hydrogens is 130 g/mol. The second kappa shape index (κ2) is 3.12. The lowest BCUT2D eigenvalue weighted by atomic mass is 10.4. The fourth-order valence-corrected chi connectivity index (χ4v) is 0.635. The number of aromatic nitrogens is 2. The van der Waals surface area contributed by atoms with Crippen LogP contribution in [0.3, 0.4) is 0 Å². The Morgan fingerprint density at radius 2 is 2.40 bits per heavy atom. The summed E-state index contributed by atoms with van der Waals surface area (Å²) in [6.07, 6.45) is 2.04. The highest BCUT2D eigenvalue weighted by Crippen LogP contribution is 1.95. The van der Waals surface area contributed by atoms with Gasteiger partial charge >= 0.3 is 0 Å². The molecule has 1 rings (SSSR count). The Balaban J connectivity index is 2.75. The monoisotopic (exact) mass is 139 g/mol. The molecule has 0 bridgehead atoms. The highest BCUT2D eigenvalue weighted by atomic mass is 16.3. The van der Waals surface area contributed by atoms with Gasteiger partial charge in [-0.15, -0.1) is 0 Å². The standard InChI is InChI=1S/C6H9N3O/c7-5-1-3-8-6(9-5)2-4-10/h1,3,10H,2,4H2,(H2,7,8,9). The van der Waals surface area contributed by atoms with E-state index in [9.17, 15) is 0 Å². The van der Waals surface area contributed by atoms with E-state index in [1.807, 2.05) is 0 Å². The largest absolute Gasteiger partial charge is 0.396 e. The number of nitrogens with zero attached hydrogens (tertiary/aromatic N) is 2. The minimum absolute atomic E-state index is 0.0590. The predicted octanol–water partition coefficient (Wildman–Crippen LogP) is -0.406. The average molecular weight is 139 g/mol. The van der Waals surface area contributed by atoms with Gasteiger partial charge in [-0.25, -0.2) is 9.97 Å². The van der Waals surface area contributed by atoms with Crippen LogP contribution in [0.1, 0.15) is 5.82 Å². The smallest absolute Gasteiger partial charge is 0.132 e. The first-order valence-electron chi connectivity index (χ1n) is 3.01. The first-order chi connectivity index (χ1) is 4.83. The quantitative estimate of drug-likeness (QED) is 0.584. The molecule has 0 unspecified atom stereocenters. The van der Waals surface area contributed by atoms with Gasteiger partial charge in [0.05, 0.1) is 6.61 Å². The maximum absolute atomic E-state index is 8.49. The fraction of sp³-hybridized carbons (Fsp3) is 0.333. The summed E-state index contributed by atoms with van der Waals surface area (Å²) in [5.74, 6) is 1.03. The Kier molecular flexibility index (Phi) is 2.17. The van der Waals surface area contributed by atoms with Gasteiger partial charge < -0.3 is 10.8 Å². The van der Waals surface area contributed by atoms with Crippen LogP contribution in [-0.4, -0.2) is 21.7 Å². The van der Waals surface area contributed by atoms with Crippen molar-refractivity contribution in [2.24, 2.45) is 0 Å². The lowest BCUT2D eigenvalue weighted by Gasteiger charge is -1.95. The summed E-state index contributed by atoms with van der Waals surface area (Å²) in [7, 11) is 0. The minimum atomic E-state index is 0.0590. The first kappa shape index (κ1) is 6.95. The molecule has 0 amide bonds. The van der Waals surface area contributed by atoms with Gasteiger partial charge in [-0.3, -0.25) is 0 Å². The van der Waals surface area contributed by atoms with E-state index in [2.05, 4.69) is 9.97 Å². The van der Waals surface area contributed by atoms with Gasteiger partial charge in [0.1, 0.15) is 11.6 Å². The van der Waals surface area contributed by atoms with Gasteiger partial charge in [0, 0.05) is 12.6 Å². The Morgan fingerprint density at radius 3 is 3.00 bits per heavy atom. The average Bonchev–Trinajstić information content (AvgIpc) is 1.88. The zero-order valence-corrected chi connectivity index (χ0v) is 5.49. The van der Waals surface area contributed by atoms with Crippen molar-refractivity contribution < 1.29 is 5.11 Å². The van der Waals surface area contributed by atoms with Crippen LogP contribution in [-0.2, 0) is 6.42 Å². The summed E-state index contributed by atoms with van der Waals surface area (Å²) in [5, 5.41) is 8.49. The lowest BCUT2D eigenvalue weighted by molar-refractivity contribution is 0.296. The lowest BCUT2D eigenvalue weighted by Crippen LogP contribution is -2.00. The van der Waals surface area contributed by atoms with Crippen molar-refractivity contribution in [3.63, 3.8) is 0 Å². The number of aliphatic hydroxyl groups excluding tert-OH is 1. The van der Waals surface area contributed by atoms with Crippen LogP contribution in [0.4, 0.5) is 5.82 Å². The van der Waals surface area contributed by atoms with Gasteiger partial charge in [0.15, 0.2) is 0 Å². The zero-order chi connectivity index (χ0) is 7.40. The summed E-state index contributed by atoms with van der Waals surface area (Å²) in [6, 6.07) is 1.61. The van der Waals surface area contributed by atoms with Gasteiger partial charge in [-0.2, -0.15) is 0 Å². The second-order valence-corrected chi connectivity index (χ2v) is 1.87. The van der Waals surface area contributed by atoms with Gasteiger partial charge in [0.25, 0.3) is 0 Å². The Labute approximate surface area is 58.7 Å². The number of nitrogen functional groups attached to an aromatic ring is 1. The van der Waals surface area contributed by atoms with E-state index in [0.717, 1.165) is 0 Å². The van der Waals surface area contributed by atoms with E-state index in [1.165, 1.54) is 0 Å². The predicted molar refractivity (Wildman–Crippen MR) is 37.2 cm³/mol. The number of rotatable bonds is 2. The van der Waals surface area contributed by atoms with Gasteiger partial charge in [-0.1, -0.05) is 0 Å². The van der Waals surface area contributed by atoms with Crippen molar-refractivity contribution >= 4 is 5.82 Å². The van der Waals surface area contributed by atoms with Crippen LogP contribution in [0.15, 0.2) is 12.3 Å². The third kappa shape index (κ3) is 1.66. The van der Waals surface area contributed by atoms with E-state index in [1.54, 1.807) is 12.3 Å². The third-order valence-electron chi connectivity index (χ3n) is 1.06. The Bertz CT molecular complexity index is 214. The van der Waals surface area contributed by atoms with Crippen LogP contribution >= 0.6 is 0 Å². The molecule has 4 heteroatoms. The number of aliphatic hydroxyl groups is 1. The maximum atomic E-state index is 8.49. The molecule has 0 aliphatic carbocycles. The zero-order valence-electron chi connectivity index (χ0n) is 5.49. The Hall–Kier alpha value is -1.16. The van der Waals surface area contributed by atoms with E-state index >= 15 is 0 Å². The highest BCUT2D eigenvalue weighted by molar-refractivity contribution is 5.24. The molecule has 0 saturated heterocycles. The topological polar surface area (TPSA) is 72.0 Å². The van der Waals surface area contributed by atoms with Crippen LogP contribution < -0.4 is 5.73 Å². The van der Waals surface area contributed by atoms with Crippen molar-refractivity contribution in [2.75, 3.05) is 12.3 Å². The number of hydrogen-bond acceptors (Lipinski definition) is 4. The van der Waals surface area contributed by atoms with E-state index in [0.29, 0.717) is 18.1 Å². The molecule has 0 aromatic carbocycles.